The van der Waals surface area contributed by atoms with Crippen LogP contribution in [0.4, 0.5) is 4.79 Å². The molecule has 102 valence electrons. The third-order valence-electron chi connectivity index (χ3n) is 3.56. The minimum absolute atomic E-state index is 0.0709. The Bertz CT molecular complexity index is 379. The maximum atomic E-state index is 11.7. The normalized spacial score (nSPS) is 34.1. The molecule has 3 fully saturated rings. The molecule has 7 nitrogen and oxygen atoms in total. The molecule has 0 saturated heterocycles. The van der Waals surface area contributed by atoms with E-state index in [-0.39, 0.29) is 17.0 Å². The van der Waals surface area contributed by atoms with Crippen molar-refractivity contribution >= 4 is 11.9 Å². The quantitative estimate of drug-likeness (QED) is 0.243. The summed E-state index contributed by atoms with van der Waals surface area (Å²) < 4.78 is 5.23. The molecular formula is C11H21N5O2. The first-order valence-corrected chi connectivity index (χ1v) is 6.00. The topological polar surface area (TPSA) is 115 Å². The fraction of sp³-hybridized carbons (Fsp3) is 0.818. The number of carbonyl (C=O) groups excluding carboxylic acids is 1. The summed E-state index contributed by atoms with van der Waals surface area (Å²) >= 11 is 0. The van der Waals surface area contributed by atoms with Gasteiger partial charge in [-0.3, -0.25) is 0 Å². The van der Waals surface area contributed by atoms with Gasteiger partial charge in [0.15, 0.2) is 0 Å². The molecule has 0 radical (unpaired) electrons. The first-order chi connectivity index (χ1) is 8.24. The summed E-state index contributed by atoms with van der Waals surface area (Å²) in [6.07, 6.45) is 2.04. The van der Waals surface area contributed by atoms with E-state index in [1.807, 2.05) is 20.8 Å². The van der Waals surface area contributed by atoms with Gasteiger partial charge in [0, 0.05) is 11.0 Å². The summed E-state index contributed by atoms with van der Waals surface area (Å²) in [6.45, 7) is 5.52. The highest BCUT2D eigenvalue weighted by atomic mass is 16.6. The van der Waals surface area contributed by atoms with Crippen molar-refractivity contribution in [1.29, 1.82) is 0 Å². The van der Waals surface area contributed by atoms with Crippen LogP contribution in [0, 0.1) is 5.41 Å². The second-order valence-corrected chi connectivity index (χ2v) is 6.34. The Morgan fingerprint density at radius 2 is 1.89 bits per heavy atom. The largest absolute Gasteiger partial charge is 0.444 e. The number of hydrazine groups is 1. The first-order valence-electron chi connectivity index (χ1n) is 6.00. The van der Waals surface area contributed by atoms with Crippen LogP contribution in [0.2, 0.25) is 0 Å². The van der Waals surface area contributed by atoms with Crippen LogP contribution in [-0.4, -0.2) is 23.1 Å². The number of nitrogens with one attached hydrogen (secondary N) is 2. The van der Waals surface area contributed by atoms with Crippen molar-refractivity contribution in [2.24, 2.45) is 22.2 Å². The Morgan fingerprint density at radius 1 is 1.33 bits per heavy atom. The third kappa shape index (κ3) is 1.98. The van der Waals surface area contributed by atoms with E-state index >= 15 is 0 Å². The lowest BCUT2D eigenvalue weighted by Gasteiger charge is -2.69. The van der Waals surface area contributed by atoms with Gasteiger partial charge in [-0.15, -0.1) is 0 Å². The van der Waals surface area contributed by atoms with Crippen LogP contribution in [0.5, 0.6) is 0 Å². The van der Waals surface area contributed by atoms with Crippen molar-refractivity contribution in [3.05, 3.63) is 0 Å². The lowest BCUT2D eigenvalue weighted by molar-refractivity contribution is -0.102. The molecule has 0 atom stereocenters. The predicted octanol–water partition coefficient (Wildman–Crippen LogP) is 0.169. The SMILES string of the molecule is CC(C)(C)OC(=O)NC12CC(/C(=N/N)NN)(C1)C2. The molecule has 0 spiro atoms. The van der Waals surface area contributed by atoms with Crippen LogP contribution in [0.15, 0.2) is 5.10 Å². The Balaban J connectivity index is 1.86. The molecule has 0 aromatic heterocycles. The molecule has 0 aromatic rings. The summed E-state index contributed by atoms with van der Waals surface area (Å²) in [4.78, 5) is 11.7. The van der Waals surface area contributed by atoms with Gasteiger partial charge in [-0.25, -0.2) is 10.6 Å². The molecule has 3 aliphatic rings. The van der Waals surface area contributed by atoms with E-state index < -0.39 is 5.60 Å². The van der Waals surface area contributed by atoms with Crippen LogP contribution >= 0.6 is 0 Å². The van der Waals surface area contributed by atoms with Gasteiger partial charge in [-0.1, -0.05) is 0 Å². The van der Waals surface area contributed by atoms with E-state index in [0.717, 1.165) is 19.3 Å². The van der Waals surface area contributed by atoms with Crippen molar-refractivity contribution in [2.75, 3.05) is 0 Å². The lowest BCUT2D eigenvalue weighted by atomic mass is 9.39. The van der Waals surface area contributed by atoms with Gasteiger partial charge in [0.05, 0.1) is 0 Å². The minimum Gasteiger partial charge on any atom is -0.444 e. The van der Waals surface area contributed by atoms with Gasteiger partial charge in [-0.2, -0.15) is 5.10 Å². The molecule has 0 aromatic carbocycles. The van der Waals surface area contributed by atoms with Gasteiger partial charge in [0.1, 0.15) is 11.4 Å². The molecular weight excluding hydrogens is 234 g/mol. The Labute approximate surface area is 106 Å². The summed E-state index contributed by atoms with van der Waals surface area (Å²) in [5.41, 5.74) is 1.82. The number of hydrazone groups is 1. The molecule has 0 aliphatic heterocycles. The maximum Gasteiger partial charge on any atom is 0.408 e. The Hall–Kier alpha value is -1.50. The Kier molecular flexibility index (Phi) is 2.69. The molecule has 3 saturated carbocycles. The standard InChI is InChI=1S/C11H21N5O2/c1-9(2,3)18-8(17)14-11-4-10(5-11,6-11)7(15-12)16-13/h4-6,12-13H2,1-3H3,(H,14,17)(H,15,16). The van der Waals surface area contributed by atoms with Crippen LogP contribution < -0.4 is 22.4 Å². The minimum atomic E-state index is -0.478. The third-order valence-corrected chi connectivity index (χ3v) is 3.56. The predicted molar refractivity (Wildman–Crippen MR) is 67.3 cm³/mol. The lowest BCUT2D eigenvalue weighted by Crippen LogP contribution is -2.78. The summed E-state index contributed by atoms with van der Waals surface area (Å²) in [5, 5.41) is 6.56. The van der Waals surface area contributed by atoms with Gasteiger partial charge in [0.2, 0.25) is 0 Å². The first kappa shape index (κ1) is 12.9. The van der Waals surface area contributed by atoms with Crippen LogP contribution in [0.25, 0.3) is 0 Å². The summed E-state index contributed by atoms with van der Waals surface area (Å²) in [5.74, 6) is 11.2. The van der Waals surface area contributed by atoms with Crippen LogP contribution in [0.1, 0.15) is 40.0 Å². The maximum absolute atomic E-state index is 11.7. The highest BCUT2D eigenvalue weighted by Gasteiger charge is 2.71. The molecule has 3 aliphatic carbocycles. The van der Waals surface area contributed by atoms with Gasteiger partial charge >= 0.3 is 6.09 Å². The zero-order chi connectivity index (χ0) is 13.6. The number of nitrogens with zero attached hydrogens (tertiary/aromatic N) is 1. The van der Waals surface area contributed by atoms with Crippen molar-refractivity contribution in [3.63, 3.8) is 0 Å². The second-order valence-electron chi connectivity index (χ2n) is 6.34. The number of amidine groups is 1. The average Bonchev–Trinajstić information content (AvgIpc) is 2.10. The average molecular weight is 255 g/mol. The fourth-order valence-corrected chi connectivity index (χ4v) is 3.02. The monoisotopic (exact) mass is 255 g/mol. The van der Waals surface area contributed by atoms with Gasteiger partial charge < -0.3 is 21.3 Å². The van der Waals surface area contributed by atoms with E-state index in [0.29, 0.717) is 5.84 Å². The summed E-state index contributed by atoms with van der Waals surface area (Å²) in [7, 11) is 0. The number of alkyl carbamates (subject to hydrolysis) is 1. The van der Waals surface area contributed by atoms with E-state index in [4.69, 9.17) is 16.4 Å². The van der Waals surface area contributed by atoms with Crippen LogP contribution in [-0.2, 0) is 4.74 Å². The van der Waals surface area contributed by atoms with Gasteiger partial charge in [0.25, 0.3) is 0 Å². The molecule has 7 heteroatoms. The number of amides is 1. The van der Waals surface area contributed by atoms with E-state index in [9.17, 15) is 4.79 Å². The molecule has 3 rings (SSSR count). The smallest absolute Gasteiger partial charge is 0.408 e. The van der Waals surface area contributed by atoms with Crippen LogP contribution in [0.3, 0.4) is 0 Å². The number of ether oxygens (including phenoxy) is 1. The van der Waals surface area contributed by atoms with Gasteiger partial charge in [-0.05, 0) is 40.0 Å². The highest BCUT2D eigenvalue weighted by Crippen LogP contribution is 2.67. The van der Waals surface area contributed by atoms with E-state index in [1.165, 1.54) is 0 Å². The zero-order valence-corrected chi connectivity index (χ0v) is 11.0. The Morgan fingerprint density at radius 3 is 2.28 bits per heavy atom. The fourth-order valence-electron chi connectivity index (χ4n) is 3.02. The molecule has 6 N–H and O–H groups in total. The summed E-state index contributed by atoms with van der Waals surface area (Å²) in [6, 6.07) is 0. The highest BCUT2D eigenvalue weighted by molar-refractivity contribution is 5.92. The number of hydrogen-bond acceptors (Lipinski definition) is 5. The number of rotatable bonds is 2. The molecule has 0 heterocycles. The number of hydrogen-bond donors (Lipinski definition) is 4. The molecule has 0 unspecified atom stereocenters. The molecule has 2 bridgehead atoms. The number of nitrogens with two attached hydrogens (primary N) is 2. The van der Waals surface area contributed by atoms with Crippen molar-refractivity contribution in [2.45, 2.75) is 51.2 Å². The number of carbonyl (C=O) groups is 1. The van der Waals surface area contributed by atoms with Crippen molar-refractivity contribution in [3.8, 4) is 0 Å². The zero-order valence-electron chi connectivity index (χ0n) is 11.0. The second kappa shape index (κ2) is 3.74. The molecule has 1 amide bonds. The molecule has 18 heavy (non-hydrogen) atoms. The van der Waals surface area contributed by atoms with E-state index in [2.05, 4.69) is 15.8 Å². The van der Waals surface area contributed by atoms with Crippen molar-refractivity contribution < 1.29 is 9.53 Å². The van der Waals surface area contributed by atoms with Crippen molar-refractivity contribution in [1.82, 2.24) is 10.7 Å². The van der Waals surface area contributed by atoms with E-state index in [1.54, 1.807) is 0 Å².